The molecular weight excluding hydrogens is 468 g/mol. The number of methoxy groups -OCH3 is 1. The second-order valence-electron chi connectivity index (χ2n) is 6.12. The number of aliphatic carboxylic acids is 1. The number of alkyl halides is 3. The van der Waals surface area contributed by atoms with Crippen LogP contribution in [-0.2, 0) is 22.8 Å². The number of carboxylic acids is 1. The lowest BCUT2D eigenvalue weighted by molar-refractivity contribution is -0.144. The van der Waals surface area contributed by atoms with E-state index in [0.29, 0.717) is 9.13 Å². The third-order valence-corrected chi connectivity index (χ3v) is 4.95. The highest BCUT2D eigenvalue weighted by Crippen LogP contribution is 2.31. The van der Waals surface area contributed by atoms with E-state index >= 15 is 0 Å². The van der Waals surface area contributed by atoms with E-state index in [0.717, 1.165) is 19.2 Å². The van der Waals surface area contributed by atoms with Crippen molar-refractivity contribution in [3.63, 3.8) is 0 Å². The van der Waals surface area contributed by atoms with E-state index in [1.807, 2.05) is 0 Å². The summed E-state index contributed by atoms with van der Waals surface area (Å²) in [6, 6.07) is 2.03. The third-order valence-electron chi connectivity index (χ3n) is 4.20. The third kappa shape index (κ3) is 5.07. The van der Waals surface area contributed by atoms with Gasteiger partial charge in [0, 0.05) is 19.2 Å². The normalized spacial score (nSPS) is 12.4. The van der Waals surface area contributed by atoms with E-state index in [4.69, 9.17) is 38.4 Å². The van der Waals surface area contributed by atoms with Crippen molar-refractivity contribution in [3.05, 3.63) is 61.2 Å². The van der Waals surface area contributed by atoms with Crippen LogP contribution in [0.15, 0.2) is 34.3 Å². The monoisotopic (exact) mass is 482 g/mol. The molecule has 2 rings (SSSR count). The smallest absolute Gasteiger partial charge is 0.431 e. The van der Waals surface area contributed by atoms with E-state index in [9.17, 15) is 27.2 Å². The van der Waals surface area contributed by atoms with Crippen LogP contribution in [0.2, 0.25) is 5.02 Å². The van der Waals surface area contributed by atoms with Crippen molar-refractivity contribution >= 4 is 29.8 Å². The van der Waals surface area contributed by atoms with Gasteiger partial charge in [-0.05, 0) is 25.2 Å². The van der Waals surface area contributed by atoms with E-state index in [1.54, 1.807) is 0 Å². The minimum Gasteiger partial charge on any atom is -0.497 e. The lowest BCUT2D eigenvalue weighted by Crippen LogP contribution is -2.28. The zero-order valence-electron chi connectivity index (χ0n) is 16.2. The second-order valence-corrected chi connectivity index (χ2v) is 6.90. The fourth-order valence-electron chi connectivity index (χ4n) is 2.50. The predicted molar refractivity (Wildman–Crippen MR) is 105 cm³/mol. The number of halogens is 5. The van der Waals surface area contributed by atoms with Crippen LogP contribution in [0.25, 0.3) is 5.69 Å². The molecule has 1 N–H and O–H groups in total. The molecule has 2 aromatic rings. The maximum absolute atomic E-state index is 14.6. The standard InChI is InChI=1S/C18H15ClF4N2O5S/c1-8(16(27)28)13(29-3)7-30-12-5-11(10(20)4-9(12)19)25-15(26)6-14(18(21,22)23)24(2)17(25)31/h4-6H,7H2,1-3H3,(H,27,28). The van der Waals surface area contributed by atoms with Gasteiger partial charge >= 0.3 is 12.1 Å². The highest BCUT2D eigenvalue weighted by atomic mass is 35.5. The predicted octanol–water partition coefficient (Wildman–Crippen LogP) is 4.10. The highest BCUT2D eigenvalue weighted by Gasteiger charge is 2.34. The summed E-state index contributed by atoms with van der Waals surface area (Å²) in [5.74, 6) is -2.55. The minimum absolute atomic E-state index is 0.0588. The second kappa shape index (κ2) is 9.10. The Kier molecular flexibility index (Phi) is 7.17. The molecule has 0 aliphatic heterocycles. The number of ether oxygens (including phenoxy) is 2. The molecule has 31 heavy (non-hydrogen) atoms. The molecule has 168 valence electrons. The molecule has 1 aromatic heterocycles. The fourth-order valence-corrected chi connectivity index (χ4v) is 2.99. The lowest BCUT2D eigenvalue weighted by atomic mass is 10.2. The van der Waals surface area contributed by atoms with Crippen molar-refractivity contribution in [2.45, 2.75) is 13.1 Å². The van der Waals surface area contributed by atoms with Crippen molar-refractivity contribution < 1.29 is 36.9 Å². The van der Waals surface area contributed by atoms with E-state index < -0.39 is 46.3 Å². The van der Waals surface area contributed by atoms with Crippen molar-refractivity contribution in [2.24, 2.45) is 7.05 Å². The van der Waals surface area contributed by atoms with Crippen molar-refractivity contribution in [3.8, 4) is 11.4 Å². The molecule has 0 bridgehead atoms. The van der Waals surface area contributed by atoms with Crippen LogP contribution in [0.1, 0.15) is 12.6 Å². The number of rotatable bonds is 6. The molecule has 0 saturated heterocycles. The first-order valence-corrected chi connectivity index (χ1v) is 9.07. The molecule has 0 fully saturated rings. The Labute approximate surface area is 182 Å². The zero-order valence-corrected chi connectivity index (χ0v) is 17.8. The maximum atomic E-state index is 14.6. The number of nitrogens with zero attached hydrogens (tertiary/aromatic N) is 2. The van der Waals surface area contributed by atoms with Crippen LogP contribution >= 0.6 is 23.8 Å². The Balaban J connectivity index is 2.60. The van der Waals surface area contributed by atoms with Gasteiger partial charge in [-0.3, -0.25) is 9.36 Å². The topological polar surface area (TPSA) is 82.7 Å². The maximum Gasteiger partial charge on any atom is 0.431 e. The largest absolute Gasteiger partial charge is 0.497 e. The molecule has 0 amide bonds. The zero-order chi connectivity index (χ0) is 23.7. The number of hydrogen-bond donors (Lipinski definition) is 1. The molecule has 0 saturated carbocycles. The van der Waals surface area contributed by atoms with Gasteiger partial charge in [-0.2, -0.15) is 13.2 Å². The molecule has 0 spiro atoms. The molecule has 13 heteroatoms. The SMILES string of the molecule is COC(COc1cc(-n2c(=O)cc(C(F)(F)F)n(C)c2=S)c(F)cc1Cl)=C(C)C(=O)O. The summed E-state index contributed by atoms with van der Waals surface area (Å²) in [4.78, 5) is 23.4. The van der Waals surface area contributed by atoms with Crippen LogP contribution in [0.3, 0.4) is 0 Å². The Morgan fingerprint density at radius 3 is 2.42 bits per heavy atom. The molecule has 0 aliphatic carbocycles. The van der Waals surface area contributed by atoms with E-state index in [-0.39, 0.29) is 28.2 Å². The molecule has 0 aliphatic rings. The van der Waals surface area contributed by atoms with Crippen LogP contribution in [0.4, 0.5) is 17.6 Å². The van der Waals surface area contributed by atoms with Gasteiger partial charge < -0.3 is 19.1 Å². The molecule has 0 unspecified atom stereocenters. The van der Waals surface area contributed by atoms with Gasteiger partial charge in [0.05, 0.1) is 23.4 Å². The summed E-state index contributed by atoms with van der Waals surface area (Å²) in [5, 5.41) is 8.79. The summed E-state index contributed by atoms with van der Waals surface area (Å²) in [5.41, 5.74) is -3.18. The molecule has 0 radical (unpaired) electrons. The lowest BCUT2D eigenvalue weighted by Gasteiger charge is -2.17. The van der Waals surface area contributed by atoms with Crippen molar-refractivity contribution in [2.75, 3.05) is 13.7 Å². The van der Waals surface area contributed by atoms with Crippen LogP contribution in [0.5, 0.6) is 5.75 Å². The fraction of sp³-hybridized carbons (Fsp3) is 0.278. The molecular formula is C18H15ClF4N2O5S. The number of carboxylic acid groups (broad SMARTS) is 1. The van der Waals surface area contributed by atoms with Gasteiger partial charge in [0.2, 0.25) is 0 Å². The Bertz CT molecular complexity index is 1190. The summed E-state index contributed by atoms with van der Waals surface area (Å²) in [7, 11) is 2.20. The number of aromatic nitrogens is 2. The van der Waals surface area contributed by atoms with Gasteiger partial charge in [0.1, 0.15) is 29.6 Å². The first kappa shape index (κ1) is 24.4. The minimum atomic E-state index is -4.85. The molecule has 1 heterocycles. The van der Waals surface area contributed by atoms with Crippen LogP contribution < -0.4 is 10.3 Å². The van der Waals surface area contributed by atoms with E-state index in [1.165, 1.54) is 14.0 Å². The van der Waals surface area contributed by atoms with Gasteiger partial charge in [-0.25, -0.2) is 9.18 Å². The first-order valence-electron chi connectivity index (χ1n) is 8.29. The quantitative estimate of drug-likeness (QED) is 0.289. The number of carbonyl (C=O) groups is 1. The number of hydrogen-bond acceptors (Lipinski definition) is 5. The van der Waals surface area contributed by atoms with Gasteiger partial charge in [-0.15, -0.1) is 0 Å². The summed E-state index contributed by atoms with van der Waals surface area (Å²) < 4.78 is 64.6. The summed E-state index contributed by atoms with van der Waals surface area (Å²) in [6.45, 7) is 0.864. The summed E-state index contributed by atoms with van der Waals surface area (Å²) in [6.07, 6.45) is -4.85. The van der Waals surface area contributed by atoms with E-state index in [2.05, 4.69) is 0 Å². The average molecular weight is 483 g/mol. The van der Waals surface area contributed by atoms with Crippen molar-refractivity contribution in [1.82, 2.24) is 9.13 Å². The molecule has 1 aromatic carbocycles. The highest BCUT2D eigenvalue weighted by molar-refractivity contribution is 7.71. The first-order chi connectivity index (χ1) is 14.3. The average Bonchev–Trinajstić information content (AvgIpc) is 2.66. The number of benzene rings is 1. The van der Waals surface area contributed by atoms with Gasteiger partial charge in [0.25, 0.3) is 5.56 Å². The van der Waals surface area contributed by atoms with Crippen molar-refractivity contribution in [1.29, 1.82) is 0 Å². The summed E-state index contributed by atoms with van der Waals surface area (Å²) >= 11 is 10.9. The van der Waals surface area contributed by atoms with Gasteiger partial charge in [0.15, 0.2) is 4.77 Å². The van der Waals surface area contributed by atoms with Gasteiger partial charge in [-0.1, -0.05) is 11.6 Å². The Morgan fingerprint density at radius 2 is 1.90 bits per heavy atom. The Morgan fingerprint density at radius 1 is 1.29 bits per heavy atom. The molecule has 7 nitrogen and oxygen atoms in total. The van der Waals surface area contributed by atoms with Crippen LogP contribution in [0, 0.1) is 10.6 Å². The molecule has 0 atom stereocenters. The Hall–Kier alpha value is -2.86. The van der Waals surface area contributed by atoms with Crippen LogP contribution in [-0.4, -0.2) is 33.9 Å².